The summed E-state index contributed by atoms with van der Waals surface area (Å²) in [6, 6.07) is 8.40. The quantitative estimate of drug-likeness (QED) is 0.746. The molecule has 1 aliphatic heterocycles. The third-order valence-corrected chi connectivity index (χ3v) is 3.96. The summed E-state index contributed by atoms with van der Waals surface area (Å²) >= 11 is 0. The van der Waals surface area contributed by atoms with E-state index in [0.717, 1.165) is 0 Å². The molecule has 0 aromatic heterocycles. The normalized spacial score (nSPS) is 16.1. The van der Waals surface area contributed by atoms with Gasteiger partial charge in [-0.3, -0.25) is 0 Å². The van der Waals surface area contributed by atoms with Crippen LogP contribution in [0.3, 0.4) is 0 Å². The number of hydrogen-bond acceptors (Lipinski definition) is 3. The van der Waals surface area contributed by atoms with Gasteiger partial charge >= 0.3 is 0 Å². The molecular formula is C10H10O3S. The van der Waals surface area contributed by atoms with Crippen molar-refractivity contribution in [2.75, 3.05) is 6.61 Å². The standard InChI is InChI=1S/C10H10O3S/c11-14(12,10-6-7-13-8-10)9-4-2-1-3-5-9/h1-5,8H,6-7H2. The Labute approximate surface area is 82.9 Å². The zero-order valence-electron chi connectivity index (χ0n) is 7.51. The Morgan fingerprint density at radius 3 is 2.43 bits per heavy atom. The highest BCUT2D eigenvalue weighted by atomic mass is 32.2. The van der Waals surface area contributed by atoms with Crippen LogP contribution in [0.4, 0.5) is 0 Å². The Morgan fingerprint density at radius 2 is 1.86 bits per heavy atom. The summed E-state index contributed by atoms with van der Waals surface area (Å²) in [5.74, 6) is 0. The van der Waals surface area contributed by atoms with Crippen molar-refractivity contribution in [2.45, 2.75) is 11.3 Å². The molecular weight excluding hydrogens is 200 g/mol. The average molecular weight is 210 g/mol. The molecule has 14 heavy (non-hydrogen) atoms. The van der Waals surface area contributed by atoms with Crippen molar-refractivity contribution in [1.82, 2.24) is 0 Å². The molecule has 1 aliphatic rings. The fourth-order valence-corrected chi connectivity index (χ4v) is 2.68. The number of ether oxygens (including phenoxy) is 1. The second-order valence-electron chi connectivity index (χ2n) is 3.02. The first-order valence-corrected chi connectivity index (χ1v) is 5.80. The largest absolute Gasteiger partial charge is 0.500 e. The molecule has 74 valence electrons. The van der Waals surface area contributed by atoms with Crippen LogP contribution in [0.15, 0.2) is 46.4 Å². The second-order valence-corrected chi connectivity index (χ2v) is 5.02. The number of rotatable bonds is 2. The minimum atomic E-state index is -3.30. The van der Waals surface area contributed by atoms with Crippen LogP contribution in [0.2, 0.25) is 0 Å². The van der Waals surface area contributed by atoms with E-state index in [2.05, 4.69) is 0 Å². The minimum absolute atomic E-state index is 0.330. The molecule has 0 atom stereocenters. The summed E-state index contributed by atoms with van der Waals surface area (Å²) in [4.78, 5) is 0.695. The van der Waals surface area contributed by atoms with E-state index in [4.69, 9.17) is 4.74 Å². The van der Waals surface area contributed by atoms with Crippen LogP contribution in [0, 0.1) is 0 Å². The van der Waals surface area contributed by atoms with Crippen LogP contribution in [0.25, 0.3) is 0 Å². The molecule has 0 radical (unpaired) electrons. The van der Waals surface area contributed by atoms with Crippen LogP contribution >= 0.6 is 0 Å². The maximum atomic E-state index is 11.9. The summed E-state index contributed by atoms with van der Waals surface area (Å²) in [6.07, 6.45) is 1.81. The van der Waals surface area contributed by atoms with E-state index in [0.29, 0.717) is 22.8 Å². The SMILES string of the molecule is O=S(=O)(C1=COCC1)c1ccccc1. The van der Waals surface area contributed by atoms with E-state index >= 15 is 0 Å². The fourth-order valence-electron chi connectivity index (χ4n) is 1.32. The van der Waals surface area contributed by atoms with Crippen molar-refractivity contribution in [3.8, 4) is 0 Å². The summed E-state index contributed by atoms with van der Waals surface area (Å²) in [6.45, 7) is 0.460. The first-order valence-electron chi connectivity index (χ1n) is 4.32. The predicted octanol–water partition coefficient (Wildman–Crippen LogP) is 1.72. The van der Waals surface area contributed by atoms with E-state index in [-0.39, 0.29) is 0 Å². The van der Waals surface area contributed by atoms with Gasteiger partial charge in [0.05, 0.1) is 22.7 Å². The zero-order chi connectivity index (χ0) is 10.0. The molecule has 2 rings (SSSR count). The Morgan fingerprint density at radius 1 is 1.14 bits per heavy atom. The highest BCUT2D eigenvalue weighted by Crippen LogP contribution is 2.24. The van der Waals surface area contributed by atoms with E-state index in [1.165, 1.54) is 6.26 Å². The predicted molar refractivity (Wildman–Crippen MR) is 52.3 cm³/mol. The van der Waals surface area contributed by atoms with Gasteiger partial charge < -0.3 is 4.74 Å². The molecule has 4 heteroatoms. The van der Waals surface area contributed by atoms with Crippen molar-refractivity contribution in [2.24, 2.45) is 0 Å². The van der Waals surface area contributed by atoms with Crippen LogP contribution in [-0.2, 0) is 14.6 Å². The Hall–Kier alpha value is -1.29. The molecule has 0 spiro atoms. The number of sulfone groups is 1. The average Bonchev–Trinajstić information content (AvgIpc) is 2.72. The Balaban J connectivity index is 2.43. The minimum Gasteiger partial charge on any atom is -0.500 e. The smallest absolute Gasteiger partial charge is 0.205 e. The van der Waals surface area contributed by atoms with Crippen LogP contribution < -0.4 is 0 Å². The molecule has 0 fully saturated rings. The Bertz CT molecular complexity index is 446. The van der Waals surface area contributed by atoms with Gasteiger partial charge in [-0.05, 0) is 12.1 Å². The molecule has 1 heterocycles. The van der Waals surface area contributed by atoms with Crippen molar-refractivity contribution in [3.63, 3.8) is 0 Å². The van der Waals surface area contributed by atoms with Crippen molar-refractivity contribution < 1.29 is 13.2 Å². The van der Waals surface area contributed by atoms with Gasteiger partial charge in [0.1, 0.15) is 0 Å². The van der Waals surface area contributed by atoms with Crippen LogP contribution in [-0.4, -0.2) is 15.0 Å². The number of benzene rings is 1. The number of hydrogen-bond donors (Lipinski definition) is 0. The molecule has 1 aromatic carbocycles. The third kappa shape index (κ3) is 1.53. The van der Waals surface area contributed by atoms with Crippen LogP contribution in [0.1, 0.15) is 6.42 Å². The second kappa shape index (κ2) is 3.46. The van der Waals surface area contributed by atoms with Crippen molar-refractivity contribution in [1.29, 1.82) is 0 Å². The molecule has 0 aliphatic carbocycles. The molecule has 3 nitrogen and oxygen atoms in total. The molecule has 0 amide bonds. The monoisotopic (exact) mass is 210 g/mol. The van der Waals surface area contributed by atoms with Gasteiger partial charge in [0.25, 0.3) is 0 Å². The molecule has 0 saturated carbocycles. The van der Waals surface area contributed by atoms with Gasteiger partial charge in [0.2, 0.25) is 9.84 Å². The summed E-state index contributed by atoms with van der Waals surface area (Å²) in [5, 5.41) is 0. The van der Waals surface area contributed by atoms with E-state index in [1.54, 1.807) is 30.3 Å². The van der Waals surface area contributed by atoms with Gasteiger partial charge in [-0.2, -0.15) is 0 Å². The van der Waals surface area contributed by atoms with Gasteiger partial charge in [0, 0.05) is 6.42 Å². The lowest BCUT2D eigenvalue weighted by Gasteiger charge is -2.02. The van der Waals surface area contributed by atoms with E-state index in [1.807, 2.05) is 0 Å². The van der Waals surface area contributed by atoms with Gasteiger partial charge in [0.15, 0.2) is 0 Å². The Kier molecular flexibility index (Phi) is 2.29. The first kappa shape index (κ1) is 9.27. The summed E-state index contributed by atoms with van der Waals surface area (Å²) < 4.78 is 28.7. The van der Waals surface area contributed by atoms with Gasteiger partial charge in [-0.1, -0.05) is 18.2 Å². The molecule has 1 aromatic rings. The lowest BCUT2D eigenvalue weighted by molar-refractivity contribution is 0.281. The first-order chi connectivity index (χ1) is 6.71. The summed E-state index contributed by atoms with van der Waals surface area (Å²) in [5.41, 5.74) is 0. The van der Waals surface area contributed by atoms with E-state index in [9.17, 15) is 8.42 Å². The zero-order valence-corrected chi connectivity index (χ0v) is 8.33. The third-order valence-electron chi connectivity index (χ3n) is 2.08. The molecule has 0 bridgehead atoms. The molecule has 0 saturated heterocycles. The van der Waals surface area contributed by atoms with Crippen LogP contribution in [0.5, 0.6) is 0 Å². The van der Waals surface area contributed by atoms with Gasteiger partial charge in [-0.15, -0.1) is 0 Å². The van der Waals surface area contributed by atoms with E-state index < -0.39 is 9.84 Å². The van der Waals surface area contributed by atoms with Gasteiger partial charge in [-0.25, -0.2) is 8.42 Å². The maximum Gasteiger partial charge on any atom is 0.205 e. The van der Waals surface area contributed by atoms with Crippen molar-refractivity contribution in [3.05, 3.63) is 41.5 Å². The molecule has 0 unspecified atom stereocenters. The highest BCUT2D eigenvalue weighted by molar-refractivity contribution is 7.95. The summed E-state index contributed by atoms with van der Waals surface area (Å²) in [7, 11) is -3.30. The highest BCUT2D eigenvalue weighted by Gasteiger charge is 2.23. The topological polar surface area (TPSA) is 43.4 Å². The fraction of sp³-hybridized carbons (Fsp3) is 0.200. The lowest BCUT2D eigenvalue weighted by Crippen LogP contribution is -2.03. The lowest BCUT2D eigenvalue weighted by atomic mass is 10.4. The van der Waals surface area contributed by atoms with Crippen molar-refractivity contribution >= 4 is 9.84 Å². The molecule has 0 N–H and O–H groups in total. The maximum absolute atomic E-state index is 11.9.